The molecule has 1 heterocycles. The van der Waals surface area contributed by atoms with E-state index in [0.29, 0.717) is 19.0 Å². The molecule has 0 aromatic rings. The zero-order valence-corrected chi connectivity index (χ0v) is 11.3. The SMILES string of the molecule is CS(=O)(=O)N1CCCC(CC(O)CC2CC2)C1. The summed E-state index contributed by atoms with van der Waals surface area (Å²) in [7, 11) is -3.05. The molecule has 0 aromatic carbocycles. The molecule has 0 radical (unpaired) electrons. The van der Waals surface area contributed by atoms with E-state index in [-0.39, 0.29) is 6.10 Å². The number of aliphatic hydroxyl groups is 1. The van der Waals surface area contributed by atoms with Crippen molar-refractivity contribution in [2.24, 2.45) is 11.8 Å². The molecule has 100 valence electrons. The van der Waals surface area contributed by atoms with Gasteiger partial charge in [-0.25, -0.2) is 12.7 Å². The molecule has 2 unspecified atom stereocenters. The lowest BCUT2D eigenvalue weighted by Crippen LogP contribution is -2.40. The third kappa shape index (κ3) is 4.23. The maximum atomic E-state index is 11.5. The van der Waals surface area contributed by atoms with Crippen molar-refractivity contribution in [3.63, 3.8) is 0 Å². The van der Waals surface area contributed by atoms with E-state index >= 15 is 0 Å². The minimum atomic E-state index is -3.05. The van der Waals surface area contributed by atoms with Crippen molar-refractivity contribution in [3.05, 3.63) is 0 Å². The van der Waals surface area contributed by atoms with Crippen molar-refractivity contribution in [1.29, 1.82) is 0 Å². The fraction of sp³-hybridized carbons (Fsp3) is 1.00. The highest BCUT2D eigenvalue weighted by Gasteiger charge is 2.29. The summed E-state index contributed by atoms with van der Waals surface area (Å²) < 4.78 is 24.5. The molecule has 4 nitrogen and oxygen atoms in total. The molecular formula is C12H23NO3S. The Morgan fingerprint density at radius 2 is 1.88 bits per heavy atom. The third-order valence-electron chi connectivity index (χ3n) is 3.86. The van der Waals surface area contributed by atoms with E-state index in [4.69, 9.17) is 0 Å². The summed E-state index contributed by atoms with van der Waals surface area (Å²) >= 11 is 0. The monoisotopic (exact) mass is 261 g/mol. The summed E-state index contributed by atoms with van der Waals surface area (Å²) in [5.41, 5.74) is 0. The Morgan fingerprint density at radius 3 is 2.47 bits per heavy atom. The molecule has 0 aromatic heterocycles. The van der Waals surface area contributed by atoms with E-state index in [9.17, 15) is 13.5 Å². The normalized spacial score (nSPS) is 29.2. The van der Waals surface area contributed by atoms with E-state index in [1.165, 1.54) is 19.1 Å². The molecule has 0 spiro atoms. The fourth-order valence-corrected chi connectivity index (χ4v) is 3.68. The number of hydrogen-bond donors (Lipinski definition) is 1. The fourth-order valence-electron chi connectivity index (χ4n) is 2.74. The lowest BCUT2D eigenvalue weighted by Gasteiger charge is -2.32. The highest BCUT2D eigenvalue weighted by molar-refractivity contribution is 7.88. The summed E-state index contributed by atoms with van der Waals surface area (Å²) in [6.07, 6.45) is 7.22. The molecule has 2 rings (SSSR count). The average molecular weight is 261 g/mol. The molecule has 0 amide bonds. The first kappa shape index (κ1) is 13.3. The summed E-state index contributed by atoms with van der Waals surface area (Å²) in [6.45, 7) is 1.24. The van der Waals surface area contributed by atoms with Crippen LogP contribution in [0.3, 0.4) is 0 Å². The molecule has 1 N–H and O–H groups in total. The minimum Gasteiger partial charge on any atom is -0.393 e. The third-order valence-corrected chi connectivity index (χ3v) is 5.13. The van der Waals surface area contributed by atoms with Crippen LogP contribution in [0.25, 0.3) is 0 Å². The van der Waals surface area contributed by atoms with Gasteiger partial charge in [0.15, 0.2) is 0 Å². The first-order valence-corrected chi connectivity index (χ1v) is 8.43. The summed E-state index contributed by atoms with van der Waals surface area (Å²) in [5.74, 6) is 1.08. The van der Waals surface area contributed by atoms with Gasteiger partial charge in [0.25, 0.3) is 0 Å². The molecule has 17 heavy (non-hydrogen) atoms. The summed E-state index contributed by atoms with van der Waals surface area (Å²) in [4.78, 5) is 0. The van der Waals surface area contributed by atoms with Gasteiger partial charge in [0.1, 0.15) is 0 Å². The molecule has 1 aliphatic heterocycles. The number of sulfonamides is 1. The molecular weight excluding hydrogens is 238 g/mol. The lowest BCUT2D eigenvalue weighted by atomic mass is 9.92. The Kier molecular flexibility index (Phi) is 4.10. The first-order valence-electron chi connectivity index (χ1n) is 6.58. The molecule has 2 fully saturated rings. The quantitative estimate of drug-likeness (QED) is 0.809. The van der Waals surface area contributed by atoms with E-state index < -0.39 is 10.0 Å². The van der Waals surface area contributed by atoms with Gasteiger partial charge >= 0.3 is 0 Å². The van der Waals surface area contributed by atoms with Crippen molar-refractivity contribution in [2.45, 2.75) is 44.6 Å². The smallest absolute Gasteiger partial charge is 0.211 e. The minimum absolute atomic E-state index is 0.230. The largest absolute Gasteiger partial charge is 0.393 e. The van der Waals surface area contributed by atoms with Crippen LogP contribution >= 0.6 is 0 Å². The van der Waals surface area contributed by atoms with Crippen LogP contribution in [-0.2, 0) is 10.0 Å². The van der Waals surface area contributed by atoms with Crippen LogP contribution in [0.4, 0.5) is 0 Å². The Morgan fingerprint density at radius 1 is 1.24 bits per heavy atom. The van der Waals surface area contributed by atoms with Crippen LogP contribution in [0, 0.1) is 11.8 Å². The molecule has 0 bridgehead atoms. The molecule has 5 heteroatoms. The van der Waals surface area contributed by atoms with Gasteiger partial charge in [-0.1, -0.05) is 12.8 Å². The van der Waals surface area contributed by atoms with Crippen molar-refractivity contribution in [3.8, 4) is 0 Å². The van der Waals surface area contributed by atoms with Crippen LogP contribution in [0.2, 0.25) is 0 Å². The lowest BCUT2D eigenvalue weighted by molar-refractivity contribution is 0.109. The van der Waals surface area contributed by atoms with Crippen LogP contribution in [0.5, 0.6) is 0 Å². The van der Waals surface area contributed by atoms with E-state index in [1.54, 1.807) is 4.31 Å². The van der Waals surface area contributed by atoms with Gasteiger partial charge in [-0.15, -0.1) is 0 Å². The standard InChI is InChI=1S/C12H23NO3S/c1-17(15,16)13-6-2-3-11(9-13)8-12(14)7-10-4-5-10/h10-12,14H,2-9H2,1H3. The Hall–Kier alpha value is -0.130. The van der Waals surface area contributed by atoms with Crippen molar-refractivity contribution in [2.75, 3.05) is 19.3 Å². The number of nitrogens with zero attached hydrogens (tertiary/aromatic N) is 1. The maximum absolute atomic E-state index is 11.5. The zero-order valence-electron chi connectivity index (χ0n) is 10.5. The van der Waals surface area contributed by atoms with Crippen LogP contribution in [0.15, 0.2) is 0 Å². The van der Waals surface area contributed by atoms with E-state index in [0.717, 1.165) is 31.6 Å². The number of rotatable bonds is 5. The molecule has 2 aliphatic rings. The zero-order chi connectivity index (χ0) is 12.5. The molecule has 1 aliphatic carbocycles. The number of aliphatic hydroxyl groups excluding tert-OH is 1. The second kappa shape index (κ2) is 5.24. The van der Waals surface area contributed by atoms with Crippen LogP contribution in [-0.4, -0.2) is 43.3 Å². The summed E-state index contributed by atoms with van der Waals surface area (Å²) in [5, 5.41) is 9.93. The Labute approximate surface area is 104 Å². The second-order valence-corrected chi connectivity index (χ2v) is 7.68. The predicted octanol–water partition coefficient (Wildman–Crippen LogP) is 1.21. The maximum Gasteiger partial charge on any atom is 0.211 e. The van der Waals surface area contributed by atoms with Gasteiger partial charge in [0.2, 0.25) is 10.0 Å². The van der Waals surface area contributed by atoms with Gasteiger partial charge in [-0.2, -0.15) is 0 Å². The van der Waals surface area contributed by atoms with Crippen LogP contribution in [0.1, 0.15) is 38.5 Å². The predicted molar refractivity (Wildman–Crippen MR) is 67.1 cm³/mol. The van der Waals surface area contributed by atoms with Gasteiger partial charge in [0.05, 0.1) is 12.4 Å². The van der Waals surface area contributed by atoms with E-state index in [2.05, 4.69) is 0 Å². The highest BCUT2D eigenvalue weighted by atomic mass is 32.2. The van der Waals surface area contributed by atoms with E-state index in [1.807, 2.05) is 0 Å². The topological polar surface area (TPSA) is 57.6 Å². The van der Waals surface area contributed by atoms with Crippen molar-refractivity contribution < 1.29 is 13.5 Å². The van der Waals surface area contributed by atoms with Gasteiger partial charge in [0, 0.05) is 13.1 Å². The number of piperidine rings is 1. The van der Waals surface area contributed by atoms with Crippen molar-refractivity contribution in [1.82, 2.24) is 4.31 Å². The summed E-state index contributed by atoms with van der Waals surface area (Å²) in [6, 6.07) is 0. The van der Waals surface area contributed by atoms with Gasteiger partial charge in [-0.05, 0) is 37.5 Å². The first-order chi connectivity index (χ1) is 7.95. The molecule has 2 atom stereocenters. The van der Waals surface area contributed by atoms with Crippen LogP contribution < -0.4 is 0 Å². The Balaban J connectivity index is 1.80. The van der Waals surface area contributed by atoms with Gasteiger partial charge < -0.3 is 5.11 Å². The Bertz CT molecular complexity index is 351. The second-order valence-electron chi connectivity index (χ2n) is 5.70. The average Bonchev–Trinajstić information content (AvgIpc) is 3.00. The molecule has 1 saturated heterocycles. The number of hydrogen-bond acceptors (Lipinski definition) is 3. The highest BCUT2D eigenvalue weighted by Crippen LogP contribution is 2.35. The van der Waals surface area contributed by atoms with Gasteiger partial charge in [-0.3, -0.25) is 0 Å². The van der Waals surface area contributed by atoms with Crippen molar-refractivity contribution >= 4 is 10.0 Å². The molecule has 1 saturated carbocycles.